The van der Waals surface area contributed by atoms with Gasteiger partial charge in [0, 0.05) is 43.1 Å². The molecule has 0 bridgehead atoms. The summed E-state index contributed by atoms with van der Waals surface area (Å²) in [5.41, 5.74) is 1.12. The van der Waals surface area contributed by atoms with Crippen molar-refractivity contribution in [1.29, 1.82) is 0 Å². The van der Waals surface area contributed by atoms with Gasteiger partial charge in [0.15, 0.2) is 0 Å². The van der Waals surface area contributed by atoms with Gasteiger partial charge >= 0.3 is 5.63 Å². The van der Waals surface area contributed by atoms with Crippen LogP contribution in [0, 0.1) is 5.92 Å². The fraction of sp³-hybridized carbons (Fsp3) is 0.565. The number of hydrogen-bond donors (Lipinski definition) is 1. The number of rotatable bonds is 9. The first-order chi connectivity index (χ1) is 14.5. The minimum absolute atomic E-state index is 0.0501. The zero-order valence-corrected chi connectivity index (χ0v) is 18.1. The number of nitrogens with zero attached hydrogens (tertiary/aromatic N) is 1. The van der Waals surface area contributed by atoms with Crippen molar-refractivity contribution in [2.24, 2.45) is 5.92 Å². The van der Waals surface area contributed by atoms with Crippen LogP contribution in [0.15, 0.2) is 33.5 Å². The van der Waals surface area contributed by atoms with Crippen molar-refractivity contribution < 1.29 is 18.7 Å². The Morgan fingerprint density at radius 3 is 2.73 bits per heavy atom. The number of likely N-dealkylation sites (tertiary alicyclic amines) is 1. The van der Waals surface area contributed by atoms with Gasteiger partial charge in [-0.25, -0.2) is 4.79 Å². The molecule has 0 unspecified atom stereocenters. The van der Waals surface area contributed by atoms with E-state index in [1.165, 1.54) is 0 Å². The van der Waals surface area contributed by atoms with Crippen molar-refractivity contribution in [3.63, 3.8) is 0 Å². The quantitative estimate of drug-likeness (QED) is 0.500. The number of methoxy groups -OCH3 is 1. The van der Waals surface area contributed by atoms with Gasteiger partial charge in [-0.05, 0) is 63.9 Å². The molecule has 1 N–H and O–H groups in total. The molecule has 2 heterocycles. The largest absolute Gasteiger partial charge is 0.497 e. The van der Waals surface area contributed by atoms with Crippen molar-refractivity contribution in [3.05, 3.63) is 40.2 Å². The molecular weight excluding hydrogens is 384 g/mol. The zero-order chi connectivity index (χ0) is 21.5. The summed E-state index contributed by atoms with van der Waals surface area (Å²) in [5, 5.41) is 3.95. The Balaban J connectivity index is 1.51. The normalized spacial score (nSPS) is 15.6. The Morgan fingerprint density at radius 2 is 2.03 bits per heavy atom. The summed E-state index contributed by atoms with van der Waals surface area (Å²) in [5.74, 6) is 0.844. The molecule has 7 heteroatoms. The second-order valence-corrected chi connectivity index (χ2v) is 8.07. The summed E-state index contributed by atoms with van der Waals surface area (Å²) in [6.45, 7) is 7.65. The van der Waals surface area contributed by atoms with Gasteiger partial charge in [-0.3, -0.25) is 9.69 Å². The van der Waals surface area contributed by atoms with Gasteiger partial charge in [0.25, 0.3) is 0 Å². The van der Waals surface area contributed by atoms with Gasteiger partial charge in [-0.2, -0.15) is 0 Å². The maximum Gasteiger partial charge on any atom is 0.336 e. The summed E-state index contributed by atoms with van der Waals surface area (Å²) in [6.07, 6.45) is 2.69. The van der Waals surface area contributed by atoms with Crippen LogP contribution in [0.1, 0.15) is 38.7 Å². The van der Waals surface area contributed by atoms with Crippen LogP contribution >= 0.6 is 0 Å². The molecule has 0 radical (unpaired) electrons. The van der Waals surface area contributed by atoms with Crippen LogP contribution in [0.3, 0.4) is 0 Å². The van der Waals surface area contributed by atoms with E-state index in [0.717, 1.165) is 43.3 Å². The number of carbonyl (C=O) groups is 1. The number of hydrogen-bond acceptors (Lipinski definition) is 6. The van der Waals surface area contributed by atoms with Crippen LogP contribution in [-0.2, 0) is 16.1 Å². The van der Waals surface area contributed by atoms with Gasteiger partial charge in [-0.15, -0.1) is 0 Å². The second kappa shape index (κ2) is 10.6. The Hall–Kier alpha value is -2.38. The van der Waals surface area contributed by atoms with Crippen LogP contribution in [0.4, 0.5) is 0 Å². The number of fused-ring (bicyclic) bond motifs is 1. The summed E-state index contributed by atoms with van der Waals surface area (Å²) in [7, 11) is 1.59. The molecule has 0 saturated carbocycles. The lowest BCUT2D eigenvalue weighted by Crippen LogP contribution is -2.40. The summed E-state index contributed by atoms with van der Waals surface area (Å²) >= 11 is 0. The van der Waals surface area contributed by atoms with Gasteiger partial charge in [0.1, 0.15) is 11.3 Å². The van der Waals surface area contributed by atoms with E-state index < -0.39 is 0 Å². The lowest BCUT2D eigenvalue weighted by Gasteiger charge is -2.31. The molecule has 2 aromatic rings. The SMILES string of the molecule is COc1ccc2c(CN3CCC(C(=O)NCCCOC(C)C)CC3)cc(=O)oc2c1. The van der Waals surface area contributed by atoms with E-state index in [1.807, 2.05) is 26.0 Å². The monoisotopic (exact) mass is 416 g/mol. The van der Waals surface area contributed by atoms with E-state index in [1.54, 1.807) is 19.2 Å². The predicted molar refractivity (Wildman–Crippen MR) is 116 cm³/mol. The number of ether oxygens (including phenoxy) is 2. The number of carbonyl (C=O) groups excluding carboxylic acids is 1. The highest BCUT2D eigenvalue weighted by Gasteiger charge is 2.25. The molecule has 0 aliphatic carbocycles. The topological polar surface area (TPSA) is 81.0 Å². The maximum atomic E-state index is 12.4. The average Bonchev–Trinajstić information content (AvgIpc) is 2.73. The lowest BCUT2D eigenvalue weighted by atomic mass is 9.95. The summed E-state index contributed by atoms with van der Waals surface area (Å²) in [6, 6.07) is 7.10. The van der Waals surface area contributed by atoms with Crippen LogP contribution in [0.25, 0.3) is 11.0 Å². The van der Waals surface area contributed by atoms with E-state index in [-0.39, 0.29) is 23.6 Å². The van der Waals surface area contributed by atoms with Crippen molar-refractivity contribution in [2.75, 3.05) is 33.4 Å². The highest BCUT2D eigenvalue weighted by atomic mass is 16.5. The highest BCUT2D eigenvalue weighted by Crippen LogP contribution is 2.25. The molecule has 1 fully saturated rings. The Labute approximate surface area is 177 Å². The van der Waals surface area contributed by atoms with Crippen LogP contribution in [-0.4, -0.2) is 50.3 Å². The van der Waals surface area contributed by atoms with Gasteiger partial charge in [0.05, 0.1) is 13.2 Å². The third-order valence-corrected chi connectivity index (χ3v) is 5.46. The fourth-order valence-corrected chi connectivity index (χ4v) is 3.81. The predicted octanol–water partition coefficient (Wildman–Crippen LogP) is 2.94. The first kappa shape index (κ1) is 22.3. The van der Waals surface area contributed by atoms with Gasteiger partial charge in [-0.1, -0.05) is 0 Å². The second-order valence-electron chi connectivity index (χ2n) is 8.07. The highest BCUT2D eigenvalue weighted by molar-refractivity contribution is 5.81. The van der Waals surface area contributed by atoms with Crippen LogP contribution in [0.5, 0.6) is 5.75 Å². The minimum Gasteiger partial charge on any atom is -0.497 e. The first-order valence-corrected chi connectivity index (χ1v) is 10.7. The molecule has 30 heavy (non-hydrogen) atoms. The molecular formula is C23H32N2O5. The Bertz CT molecular complexity index is 900. The van der Waals surface area contributed by atoms with E-state index >= 15 is 0 Å². The van der Waals surface area contributed by atoms with Gasteiger partial charge < -0.3 is 19.2 Å². The standard InChI is InChI=1S/C23H32N2O5/c1-16(2)29-12-4-9-24-23(27)17-7-10-25(11-8-17)15-18-13-22(26)30-21-14-19(28-3)5-6-20(18)21/h5-6,13-14,16-17H,4,7-12,15H2,1-3H3,(H,24,27). The number of benzene rings is 1. The van der Waals surface area contributed by atoms with Crippen LogP contribution in [0.2, 0.25) is 0 Å². The van der Waals surface area contributed by atoms with E-state index in [9.17, 15) is 9.59 Å². The molecule has 0 atom stereocenters. The van der Waals surface area contributed by atoms with E-state index in [2.05, 4.69) is 10.2 Å². The van der Waals surface area contributed by atoms with Crippen molar-refractivity contribution in [3.8, 4) is 5.75 Å². The summed E-state index contributed by atoms with van der Waals surface area (Å²) < 4.78 is 16.1. The number of piperidine rings is 1. The average molecular weight is 417 g/mol. The zero-order valence-electron chi connectivity index (χ0n) is 18.1. The first-order valence-electron chi connectivity index (χ1n) is 10.7. The molecule has 1 aromatic carbocycles. The maximum absolute atomic E-state index is 12.4. The smallest absolute Gasteiger partial charge is 0.336 e. The molecule has 164 valence electrons. The van der Waals surface area contributed by atoms with Gasteiger partial charge in [0.2, 0.25) is 5.91 Å². The molecule has 0 spiro atoms. The molecule has 1 saturated heterocycles. The van der Waals surface area contributed by atoms with Crippen LogP contribution < -0.4 is 15.7 Å². The van der Waals surface area contributed by atoms with E-state index in [0.29, 0.717) is 31.0 Å². The lowest BCUT2D eigenvalue weighted by molar-refractivity contribution is -0.126. The van der Waals surface area contributed by atoms with E-state index in [4.69, 9.17) is 13.9 Å². The molecule has 1 aliphatic heterocycles. The minimum atomic E-state index is -0.360. The van der Waals surface area contributed by atoms with Crippen molar-refractivity contribution in [1.82, 2.24) is 10.2 Å². The Kier molecular flexibility index (Phi) is 7.87. The number of amides is 1. The molecule has 1 aromatic heterocycles. The summed E-state index contributed by atoms with van der Waals surface area (Å²) in [4.78, 5) is 26.7. The molecule has 1 aliphatic rings. The molecule has 7 nitrogen and oxygen atoms in total. The molecule has 1 amide bonds. The van der Waals surface area contributed by atoms with Crippen molar-refractivity contribution >= 4 is 16.9 Å². The molecule has 3 rings (SSSR count). The third kappa shape index (κ3) is 6.06. The van der Waals surface area contributed by atoms with Crippen molar-refractivity contribution in [2.45, 2.75) is 45.8 Å². The number of nitrogens with one attached hydrogen (secondary N) is 1. The third-order valence-electron chi connectivity index (χ3n) is 5.46. The Morgan fingerprint density at radius 1 is 1.27 bits per heavy atom. The fourth-order valence-electron chi connectivity index (χ4n) is 3.81.